The van der Waals surface area contributed by atoms with Crippen molar-refractivity contribution in [1.29, 1.82) is 0 Å². The summed E-state index contributed by atoms with van der Waals surface area (Å²) in [6, 6.07) is 0. The van der Waals surface area contributed by atoms with E-state index in [9.17, 15) is 4.79 Å². The number of nitrogens with zero attached hydrogens (tertiary/aromatic N) is 1. The fourth-order valence-electron chi connectivity index (χ4n) is 1.82. The molecule has 0 aliphatic carbocycles. The van der Waals surface area contributed by atoms with Gasteiger partial charge in [0.25, 0.3) is 0 Å². The summed E-state index contributed by atoms with van der Waals surface area (Å²) in [5.74, 6) is 0.668. The highest BCUT2D eigenvalue weighted by atomic mass is 16.6. The minimum Gasteiger partial charge on any atom is -0.465 e. The van der Waals surface area contributed by atoms with Crippen molar-refractivity contribution in [3.8, 4) is 0 Å². The van der Waals surface area contributed by atoms with Crippen LogP contribution >= 0.6 is 0 Å². The van der Waals surface area contributed by atoms with Gasteiger partial charge in [0.1, 0.15) is 0 Å². The van der Waals surface area contributed by atoms with Gasteiger partial charge in [-0.15, -0.1) is 0 Å². The molecule has 0 aromatic heterocycles. The van der Waals surface area contributed by atoms with Crippen LogP contribution in [0, 0.1) is 5.92 Å². The third kappa shape index (κ3) is 27.0. The lowest BCUT2D eigenvalue weighted by molar-refractivity contribution is -0.0175. The number of carbonyl (C=O) groups is 1. The lowest BCUT2D eigenvalue weighted by Gasteiger charge is -2.12. The fraction of sp³-hybridized carbons (Fsp3) is 0.952. The molecule has 0 spiro atoms. The van der Waals surface area contributed by atoms with Crippen LogP contribution in [-0.4, -0.2) is 109 Å². The Kier molecular flexibility index (Phi) is 27.1. The monoisotopic (exact) mass is 439 g/mol. The maximum Gasteiger partial charge on any atom is 0.407 e. The maximum atomic E-state index is 10.6. The van der Waals surface area contributed by atoms with Crippen LogP contribution in [-0.2, 0) is 28.4 Å². The second-order valence-corrected chi connectivity index (χ2v) is 6.56. The number of carboxylic acid groups (broad SMARTS) is 1. The van der Waals surface area contributed by atoms with Gasteiger partial charge in [-0.1, -0.05) is 27.7 Å². The molecule has 182 valence electrons. The molecule has 0 aromatic carbocycles. The molecule has 0 saturated carbocycles. The van der Waals surface area contributed by atoms with Gasteiger partial charge >= 0.3 is 6.09 Å². The van der Waals surface area contributed by atoms with Crippen molar-refractivity contribution >= 4 is 6.09 Å². The number of rotatable bonds is 21. The molecule has 0 aliphatic heterocycles. The highest BCUT2D eigenvalue weighted by Crippen LogP contribution is 1.98. The van der Waals surface area contributed by atoms with Crippen LogP contribution in [0.5, 0.6) is 0 Å². The zero-order chi connectivity index (χ0) is 22.9. The van der Waals surface area contributed by atoms with Crippen molar-refractivity contribution in [2.45, 2.75) is 34.1 Å². The molecule has 30 heavy (non-hydrogen) atoms. The highest BCUT2D eigenvalue weighted by molar-refractivity contribution is 5.64. The van der Waals surface area contributed by atoms with Gasteiger partial charge in [-0.2, -0.15) is 0 Å². The average Bonchev–Trinajstić information content (AvgIpc) is 2.73. The van der Waals surface area contributed by atoms with Crippen LogP contribution in [0.4, 0.5) is 4.79 Å². The molecular formula is C21H45NO8. The summed E-state index contributed by atoms with van der Waals surface area (Å²) >= 11 is 0. The van der Waals surface area contributed by atoms with Gasteiger partial charge in [0, 0.05) is 20.2 Å². The van der Waals surface area contributed by atoms with E-state index in [0.29, 0.717) is 85.1 Å². The summed E-state index contributed by atoms with van der Waals surface area (Å²) in [6.45, 7) is 15.1. The minimum absolute atomic E-state index is 0.343. The first-order valence-electron chi connectivity index (χ1n) is 10.9. The SMILES string of the molecule is CC.CC(C)CCOCCOCCOCCOCCOCCOCCN(C)C(=O)O. The molecule has 1 amide bonds. The second-order valence-electron chi connectivity index (χ2n) is 6.56. The van der Waals surface area contributed by atoms with Gasteiger partial charge in [0.2, 0.25) is 0 Å². The first-order valence-corrected chi connectivity index (χ1v) is 10.9. The Morgan fingerprint density at radius 2 is 0.967 bits per heavy atom. The van der Waals surface area contributed by atoms with E-state index >= 15 is 0 Å². The third-order valence-corrected chi connectivity index (χ3v) is 3.60. The molecule has 1 N–H and O–H groups in total. The Labute approximate surface area is 182 Å². The van der Waals surface area contributed by atoms with Crippen molar-refractivity contribution in [2.24, 2.45) is 5.92 Å². The molecule has 0 atom stereocenters. The molecule has 9 nitrogen and oxygen atoms in total. The van der Waals surface area contributed by atoms with E-state index in [0.717, 1.165) is 13.0 Å². The zero-order valence-corrected chi connectivity index (χ0v) is 19.7. The van der Waals surface area contributed by atoms with Crippen molar-refractivity contribution < 1.29 is 38.3 Å². The Bertz CT molecular complexity index is 345. The van der Waals surface area contributed by atoms with Crippen LogP contribution < -0.4 is 0 Å². The number of likely N-dealkylation sites (N-methyl/N-ethyl adjacent to an activating group) is 1. The van der Waals surface area contributed by atoms with E-state index in [4.69, 9.17) is 33.5 Å². The van der Waals surface area contributed by atoms with E-state index < -0.39 is 6.09 Å². The van der Waals surface area contributed by atoms with Crippen LogP contribution in [0.15, 0.2) is 0 Å². The van der Waals surface area contributed by atoms with E-state index in [1.165, 1.54) is 11.9 Å². The summed E-state index contributed by atoms with van der Waals surface area (Å²) in [7, 11) is 1.50. The van der Waals surface area contributed by atoms with Crippen molar-refractivity contribution in [1.82, 2.24) is 4.90 Å². The molecule has 0 heterocycles. The number of ether oxygens (including phenoxy) is 6. The average molecular weight is 440 g/mol. The number of hydrogen-bond acceptors (Lipinski definition) is 7. The quantitative estimate of drug-likeness (QED) is 0.273. The molecule has 0 saturated heterocycles. The van der Waals surface area contributed by atoms with Gasteiger partial charge in [0.05, 0.1) is 72.7 Å². The lowest BCUT2D eigenvalue weighted by Crippen LogP contribution is -2.28. The zero-order valence-electron chi connectivity index (χ0n) is 19.7. The van der Waals surface area contributed by atoms with Crippen molar-refractivity contribution in [3.05, 3.63) is 0 Å². The highest BCUT2D eigenvalue weighted by Gasteiger charge is 2.03. The van der Waals surface area contributed by atoms with Gasteiger partial charge in [-0.3, -0.25) is 0 Å². The summed E-state index contributed by atoms with van der Waals surface area (Å²) in [6.07, 6.45) is 0.115. The van der Waals surface area contributed by atoms with Crippen molar-refractivity contribution in [3.63, 3.8) is 0 Å². The first-order chi connectivity index (χ1) is 14.5. The van der Waals surface area contributed by atoms with Gasteiger partial charge in [-0.05, 0) is 12.3 Å². The molecule has 0 radical (unpaired) electrons. The molecule has 0 unspecified atom stereocenters. The number of hydrogen-bond donors (Lipinski definition) is 1. The second kappa shape index (κ2) is 26.1. The fourth-order valence-corrected chi connectivity index (χ4v) is 1.82. The topological polar surface area (TPSA) is 95.9 Å². The largest absolute Gasteiger partial charge is 0.465 e. The van der Waals surface area contributed by atoms with Crippen LogP contribution in [0.3, 0.4) is 0 Å². The Morgan fingerprint density at radius 3 is 1.27 bits per heavy atom. The maximum absolute atomic E-state index is 10.6. The summed E-state index contributed by atoms with van der Waals surface area (Å²) in [5, 5.41) is 8.66. The summed E-state index contributed by atoms with van der Waals surface area (Å²) in [5.41, 5.74) is 0. The molecule has 0 aromatic rings. The predicted octanol–water partition coefficient (Wildman–Crippen LogP) is 2.77. The molecule has 0 fully saturated rings. The minimum atomic E-state index is -0.962. The smallest absolute Gasteiger partial charge is 0.407 e. The van der Waals surface area contributed by atoms with Crippen LogP contribution in [0.25, 0.3) is 0 Å². The van der Waals surface area contributed by atoms with E-state index in [1.807, 2.05) is 13.8 Å². The molecular weight excluding hydrogens is 394 g/mol. The molecule has 0 bridgehead atoms. The van der Waals surface area contributed by atoms with E-state index in [1.54, 1.807) is 0 Å². The molecule has 9 heteroatoms. The van der Waals surface area contributed by atoms with E-state index in [2.05, 4.69) is 13.8 Å². The molecule has 0 aliphatic rings. The Balaban J connectivity index is 0. The predicted molar refractivity (Wildman–Crippen MR) is 116 cm³/mol. The van der Waals surface area contributed by atoms with E-state index in [-0.39, 0.29) is 0 Å². The summed E-state index contributed by atoms with van der Waals surface area (Å²) in [4.78, 5) is 11.7. The van der Waals surface area contributed by atoms with Crippen molar-refractivity contribution in [2.75, 3.05) is 92.9 Å². The third-order valence-electron chi connectivity index (χ3n) is 3.60. The Hall–Kier alpha value is -0.970. The van der Waals surface area contributed by atoms with Gasteiger partial charge in [-0.25, -0.2) is 4.79 Å². The standard InChI is InChI=1S/C19H39NO8.C2H6/c1-18(2)4-6-23-8-10-25-12-14-27-16-17-28-15-13-26-11-9-24-7-5-20(3)19(21)22;1-2/h18H,4-17H2,1-3H3,(H,21,22);1-2H3. The van der Waals surface area contributed by atoms with Crippen LogP contribution in [0.2, 0.25) is 0 Å². The lowest BCUT2D eigenvalue weighted by atomic mass is 10.1. The molecule has 0 rings (SSSR count). The van der Waals surface area contributed by atoms with Gasteiger partial charge in [0.15, 0.2) is 0 Å². The first kappa shape index (κ1) is 31.2. The van der Waals surface area contributed by atoms with Gasteiger partial charge < -0.3 is 38.4 Å². The van der Waals surface area contributed by atoms with Crippen LogP contribution in [0.1, 0.15) is 34.1 Å². The normalized spacial score (nSPS) is 10.7. The Morgan fingerprint density at radius 1 is 0.667 bits per heavy atom. The number of amides is 1. The summed E-state index contributed by atoms with van der Waals surface area (Å²) < 4.78 is 32.3.